The third-order valence-electron chi connectivity index (χ3n) is 6.77. The summed E-state index contributed by atoms with van der Waals surface area (Å²) in [5.41, 5.74) is 5.89. The highest BCUT2D eigenvalue weighted by atomic mass is 32.1. The van der Waals surface area contributed by atoms with E-state index in [0.29, 0.717) is 20.8 Å². The van der Waals surface area contributed by atoms with Gasteiger partial charge in [-0.1, -0.05) is 47.7 Å². The fourth-order valence-corrected chi connectivity index (χ4v) is 6.12. The van der Waals surface area contributed by atoms with Crippen molar-refractivity contribution in [3.63, 3.8) is 0 Å². The normalized spacial score (nSPS) is 16.6. The molecule has 7 heteroatoms. The maximum atomic E-state index is 13.9. The van der Waals surface area contributed by atoms with E-state index in [-0.39, 0.29) is 17.4 Å². The summed E-state index contributed by atoms with van der Waals surface area (Å²) in [4.78, 5) is 19.6. The van der Waals surface area contributed by atoms with Crippen LogP contribution in [0.2, 0.25) is 0 Å². The van der Waals surface area contributed by atoms with Crippen molar-refractivity contribution in [1.29, 1.82) is 0 Å². The minimum atomic E-state index is -0.374. The van der Waals surface area contributed by atoms with Crippen LogP contribution in [0.3, 0.4) is 0 Å². The zero-order valence-corrected chi connectivity index (χ0v) is 20.7. The Balaban J connectivity index is 1.66. The number of phenolic OH excluding ortho intramolecular Hbond substituents is 1. The number of aromatic hydroxyl groups is 1. The van der Waals surface area contributed by atoms with Crippen molar-refractivity contribution in [3.8, 4) is 17.2 Å². The van der Waals surface area contributed by atoms with Crippen LogP contribution in [-0.2, 0) is 6.42 Å². The first-order chi connectivity index (χ1) is 17.6. The van der Waals surface area contributed by atoms with Gasteiger partial charge in [-0.05, 0) is 65.9 Å². The van der Waals surface area contributed by atoms with E-state index in [1.807, 2.05) is 30.3 Å². The minimum Gasteiger partial charge on any atom is -0.508 e. The second-order valence-electron chi connectivity index (χ2n) is 8.82. The summed E-state index contributed by atoms with van der Waals surface area (Å²) in [5.74, 6) is 1.54. The van der Waals surface area contributed by atoms with Gasteiger partial charge in [-0.25, -0.2) is 4.99 Å². The number of phenols is 1. The second-order valence-corrected chi connectivity index (χ2v) is 9.83. The third kappa shape index (κ3) is 3.63. The van der Waals surface area contributed by atoms with E-state index in [1.165, 1.54) is 16.9 Å². The van der Waals surface area contributed by atoms with Crippen LogP contribution in [0.15, 0.2) is 82.1 Å². The standard InChI is InChI=1S/C29H24N2O4S/c1-34-20-11-13-24(35-2)23(16-20)27-22-12-10-18-7-3-4-9-21(18)26(22)30-29-31(27)28(33)25(36-29)15-17-6-5-8-19(32)14-17/h3-9,11,13-16,27,32H,10,12H2,1-2H3/b25-15+. The summed E-state index contributed by atoms with van der Waals surface area (Å²) in [6.45, 7) is 0. The van der Waals surface area contributed by atoms with E-state index >= 15 is 0 Å². The van der Waals surface area contributed by atoms with Crippen molar-refractivity contribution in [2.45, 2.75) is 18.9 Å². The molecule has 4 aromatic rings. The smallest absolute Gasteiger partial charge is 0.271 e. The molecule has 0 bridgehead atoms. The fourth-order valence-electron chi connectivity index (χ4n) is 5.12. The van der Waals surface area contributed by atoms with Crippen LogP contribution >= 0.6 is 11.3 Å². The van der Waals surface area contributed by atoms with Crippen molar-refractivity contribution >= 4 is 23.1 Å². The van der Waals surface area contributed by atoms with Crippen LogP contribution in [0.25, 0.3) is 11.8 Å². The summed E-state index contributed by atoms with van der Waals surface area (Å²) in [7, 11) is 3.27. The third-order valence-corrected chi connectivity index (χ3v) is 7.76. The number of nitrogens with zero attached hydrogens (tertiary/aromatic N) is 2. The molecular weight excluding hydrogens is 472 g/mol. The Kier molecular flexibility index (Phi) is 5.49. The van der Waals surface area contributed by atoms with Gasteiger partial charge in [0.25, 0.3) is 5.56 Å². The van der Waals surface area contributed by atoms with E-state index in [4.69, 9.17) is 14.5 Å². The number of hydrogen-bond donors (Lipinski definition) is 1. The number of rotatable bonds is 4. The first-order valence-corrected chi connectivity index (χ1v) is 12.5. The zero-order chi connectivity index (χ0) is 24.8. The number of benzene rings is 3. The molecule has 0 saturated carbocycles. The predicted molar refractivity (Wildman–Crippen MR) is 140 cm³/mol. The molecule has 1 N–H and O–H groups in total. The van der Waals surface area contributed by atoms with E-state index < -0.39 is 0 Å². The number of aryl methyl sites for hydroxylation is 1. The molecule has 1 unspecified atom stereocenters. The Morgan fingerprint density at radius 1 is 1.03 bits per heavy atom. The van der Waals surface area contributed by atoms with Crippen LogP contribution in [0.1, 0.15) is 34.7 Å². The number of fused-ring (bicyclic) bond motifs is 3. The summed E-state index contributed by atoms with van der Waals surface area (Å²) in [6, 6.07) is 20.5. The number of ether oxygens (including phenoxy) is 2. The molecule has 2 aliphatic rings. The molecule has 1 aromatic heterocycles. The number of thiazole rings is 1. The highest BCUT2D eigenvalue weighted by molar-refractivity contribution is 7.07. The average Bonchev–Trinajstić information content (AvgIpc) is 3.21. The molecule has 6 rings (SSSR count). The van der Waals surface area contributed by atoms with Crippen molar-refractivity contribution in [2.75, 3.05) is 14.2 Å². The number of aromatic nitrogens is 1. The number of methoxy groups -OCH3 is 2. The van der Waals surface area contributed by atoms with Crippen LogP contribution in [-0.4, -0.2) is 23.9 Å². The van der Waals surface area contributed by atoms with Gasteiger partial charge < -0.3 is 14.6 Å². The number of hydrogen-bond acceptors (Lipinski definition) is 6. The highest BCUT2D eigenvalue weighted by Gasteiger charge is 2.34. The van der Waals surface area contributed by atoms with Gasteiger partial charge in [0.05, 0.1) is 30.5 Å². The molecule has 0 saturated heterocycles. The Labute approximate surface area is 211 Å². The lowest BCUT2D eigenvalue weighted by Gasteiger charge is -2.31. The summed E-state index contributed by atoms with van der Waals surface area (Å²) in [6.07, 6.45) is 3.47. The maximum absolute atomic E-state index is 13.9. The Bertz CT molecular complexity index is 1710. The molecule has 1 aliphatic heterocycles. The minimum absolute atomic E-state index is 0.123. The van der Waals surface area contributed by atoms with Gasteiger partial charge in [-0.15, -0.1) is 0 Å². The van der Waals surface area contributed by atoms with Crippen LogP contribution in [0, 0.1) is 0 Å². The second kappa shape index (κ2) is 8.84. The summed E-state index contributed by atoms with van der Waals surface area (Å²) >= 11 is 1.36. The SMILES string of the molecule is COc1ccc(OC)c(C2C3=C(N=c4s/c(=C/c5cccc(O)c5)c(=O)n42)c2ccccc2CC3)c1. The lowest BCUT2D eigenvalue weighted by atomic mass is 9.83. The van der Waals surface area contributed by atoms with Crippen molar-refractivity contribution in [2.24, 2.45) is 4.99 Å². The first kappa shape index (κ1) is 22.4. The van der Waals surface area contributed by atoms with Crippen molar-refractivity contribution in [1.82, 2.24) is 4.57 Å². The molecule has 2 heterocycles. The quantitative estimate of drug-likeness (QED) is 0.463. The Morgan fingerprint density at radius 2 is 1.89 bits per heavy atom. The van der Waals surface area contributed by atoms with Gasteiger partial charge in [0.1, 0.15) is 17.2 Å². The van der Waals surface area contributed by atoms with E-state index in [1.54, 1.807) is 43.1 Å². The van der Waals surface area contributed by atoms with Crippen LogP contribution < -0.4 is 24.4 Å². The molecule has 0 amide bonds. The molecule has 36 heavy (non-hydrogen) atoms. The Hall–Kier alpha value is -4.10. The first-order valence-electron chi connectivity index (χ1n) is 11.7. The molecule has 0 fully saturated rings. The summed E-state index contributed by atoms with van der Waals surface area (Å²) in [5, 5.41) is 9.90. The van der Waals surface area contributed by atoms with Gasteiger partial charge in [0.2, 0.25) is 0 Å². The van der Waals surface area contributed by atoms with Gasteiger partial charge in [-0.3, -0.25) is 9.36 Å². The number of allylic oxidation sites excluding steroid dienone is 1. The van der Waals surface area contributed by atoms with Gasteiger partial charge >= 0.3 is 0 Å². The van der Waals surface area contributed by atoms with E-state index in [2.05, 4.69) is 18.2 Å². The molecular formula is C29H24N2O4S. The topological polar surface area (TPSA) is 73.1 Å². The lowest BCUT2D eigenvalue weighted by molar-refractivity contribution is 0.392. The largest absolute Gasteiger partial charge is 0.508 e. The molecule has 3 aromatic carbocycles. The Morgan fingerprint density at radius 3 is 2.69 bits per heavy atom. The van der Waals surface area contributed by atoms with Crippen molar-refractivity contribution < 1.29 is 14.6 Å². The molecule has 0 radical (unpaired) electrons. The average molecular weight is 497 g/mol. The maximum Gasteiger partial charge on any atom is 0.271 e. The molecule has 1 atom stereocenters. The molecule has 180 valence electrons. The van der Waals surface area contributed by atoms with Gasteiger partial charge in [0, 0.05) is 11.1 Å². The van der Waals surface area contributed by atoms with Gasteiger partial charge in [0.15, 0.2) is 4.80 Å². The molecule has 1 aliphatic carbocycles. The highest BCUT2D eigenvalue weighted by Crippen LogP contribution is 2.44. The predicted octanol–water partition coefficient (Wildman–Crippen LogP) is 4.04. The molecule has 6 nitrogen and oxygen atoms in total. The van der Waals surface area contributed by atoms with Crippen LogP contribution in [0.4, 0.5) is 0 Å². The fraction of sp³-hybridized carbons (Fsp3) is 0.172. The molecule has 0 spiro atoms. The van der Waals surface area contributed by atoms with Crippen LogP contribution in [0.5, 0.6) is 17.2 Å². The van der Waals surface area contributed by atoms with E-state index in [0.717, 1.165) is 40.8 Å². The zero-order valence-electron chi connectivity index (χ0n) is 19.9. The van der Waals surface area contributed by atoms with E-state index in [9.17, 15) is 9.90 Å². The lowest BCUT2D eigenvalue weighted by Crippen LogP contribution is -2.39. The van der Waals surface area contributed by atoms with Gasteiger partial charge in [-0.2, -0.15) is 0 Å². The monoisotopic (exact) mass is 496 g/mol. The van der Waals surface area contributed by atoms with Crippen molar-refractivity contribution in [3.05, 3.63) is 114 Å². The summed E-state index contributed by atoms with van der Waals surface area (Å²) < 4.78 is 13.6.